The minimum absolute atomic E-state index is 0.170. The number of nitrogens with zero attached hydrogens (tertiary/aromatic N) is 1. The van der Waals surface area contributed by atoms with Gasteiger partial charge in [0.25, 0.3) is 0 Å². The average Bonchev–Trinajstić information content (AvgIpc) is 2.49. The molecule has 0 bridgehead atoms. The molecule has 2 aromatic rings. The van der Waals surface area contributed by atoms with Crippen LogP contribution in [0.3, 0.4) is 0 Å². The van der Waals surface area contributed by atoms with Crippen LogP contribution in [0, 0.1) is 0 Å². The summed E-state index contributed by atoms with van der Waals surface area (Å²) in [5, 5.41) is 13.6. The lowest BCUT2D eigenvalue weighted by Gasteiger charge is -2.04. The number of ether oxygens (including phenoxy) is 1. The third-order valence-electron chi connectivity index (χ3n) is 2.78. The molecule has 4 heteroatoms. The van der Waals surface area contributed by atoms with Crippen molar-refractivity contribution < 1.29 is 14.7 Å². The quantitative estimate of drug-likeness (QED) is 0.499. The van der Waals surface area contributed by atoms with Gasteiger partial charge in [-0.05, 0) is 23.3 Å². The summed E-state index contributed by atoms with van der Waals surface area (Å²) in [6.07, 6.45) is 1.50. The molecular formula is C16H17NO3. The predicted molar refractivity (Wildman–Crippen MR) is 79.0 cm³/mol. The summed E-state index contributed by atoms with van der Waals surface area (Å²) in [4.78, 5) is 5.01. The van der Waals surface area contributed by atoms with Crippen molar-refractivity contribution in [1.82, 2.24) is 0 Å². The van der Waals surface area contributed by atoms with Crippen LogP contribution in [0.15, 0.2) is 53.7 Å². The molecule has 20 heavy (non-hydrogen) atoms. The minimum Gasteiger partial charge on any atom is -0.507 e. The van der Waals surface area contributed by atoms with Crippen LogP contribution < -0.4 is 0 Å². The maximum atomic E-state index is 9.81. The van der Waals surface area contributed by atoms with Gasteiger partial charge in [-0.15, -0.1) is 0 Å². The minimum atomic E-state index is 0.170. The van der Waals surface area contributed by atoms with Crippen LogP contribution in [0.5, 0.6) is 5.75 Å². The van der Waals surface area contributed by atoms with Crippen LogP contribution in [0.4, 0.5) is 0 Å². The molecule has 4 nitrogen and oxygen atoms in total. The fourth-order valence-electron chi connectivity index (χ4n) is 1.74. The first kappa shape index (κ1) is 14.1. The Balaban J connectivity index is 2.13. The summed E-state index contributed by atoms with van der Waals surface area (Å²) in [6, 6.07) is 15.3. The van der Waals surface area contributed by atoms with Gasteiger partial charge in [0.15, 0.2) is 0 Å². The molecule has 2 rings (SSSR count). The van der Waals surface area contributed by atoms with Gasteiger partial charge >= 0.3 is 0 Å². The van der Waals surface area contributed by atoms with Gasteiger partial charge in [-0.3, -0.25) is 0 Å². The van der Waals surface area contributed by atoms with Crippen molar-refractivity contribution in [2.75, 3.05) is 20.3 Å². The predicted octanol–water partition coefficient (Wildman–Crippen LogP) is 3.06. The lowest BCUT2D eigenvalue weighted by atomic mass is 10.0. The smallest absolute Gasteiger partial charge is 0.140 e. The number of benzene rings is 2. The third-order valence-corrected chi connectivity index (χ3v) is 2.78. The van der Waals surface area contributed by atoms with Gasteiger partial charge in [-0.1, -0.05) is 41.6 Å². The van der Waals surface area contributed by atoms with Gasteiger partial charge in [0.05, 0.1) is 12.8 Å². The molecule has 104 valence electrons. The highest BCUT2D eigenvalue weighted by Gasteiger charge is 2.02. The summed E-state index contributed by atoms with van der Waals surface area (Å²) in [5.41, 5.74) is 2.72. The molecule has 1 N–H and O–H groups in total. The van der Waals surface area contributed by atoms with Crippen LogP contribution >= 0.6 is 0 Å². The van der Waals surface area contributed by atoms with Gasteiger partial charge < -0.3 is 14.7 Å². The van der Waals surface area contributed by atoms with Crippen molar-refractivity contribution in [2.45, 2.75) is 0 Å². The first-order valence-corrected chi connectivity index (χ1v) is 6.34. The molecular weight excluding hydrogens is 254 g/mol. The van der Waals surface area contributed by atoms with Crippen LogP contribution in [-0.4, -0.2) is 31.6 Å². The Morgan fingerprint density at radius 1 is 1.05 bits per heavy atom. The van der Waals surface area contributed by atoms with Gasteiger partial charge in [0.1, 0.15) is 12.4 Å². The molecule has 0 fully saturated rings. The van der Waals surface area contributed by atoms with Gasteiger partial charge in [-0.2, -0.15) is 0 Å². The molecule has 0 amide bonds. The lowest BCUT2D eigenvalue weighted by Crippen LogP contribution is -1.97. The molecule has 0 saturated carbocycles. The molecule has 0 radical (unpaired) electrons. The zero-order valence-corrected chi connectivity index (χ0v) is 11.3. The maximum Gasteiger partial charge on any atom is 0.140 e. The number of phenolic OH excluding ortho intramolecular Hbond substituents is 1. The van der Waals surface area contributed by atoms with Crippen molar-refractivity contribution in [3.8, 4) is 16.9 Å². The van der Waals surface area contributed by atoms with E-state index >= 15 is 0 Å². The Labute approximate surface area is 118 Å². The van der Waals surface area contributed by atoms with E-state index in [9.17, 15) is 5.11 Å². The summed E-state index contributed by atoms with van der Waals surface area (Å²) in [7, 11) is 1.60. The molecule has 0 atom stereocenters. The molecule has 0 aliphatic carbocycles. The average molecular weight is 271 g/mol. The molecule has 0 spiro atoms. The molecule has 0 aliphatic heterocycles. The molecule has 0 heterocycles. The van der Waals surface area contributed by atoms with Crippen molar-refractivity contribution in [3.63, 3.8) is 0 Å². The Morgan fingerprint density at radius 2 is 1.85 bits per heavy atom. The number of aromatic hydroxyl groups is 1. The molecule has 0 unspecified atom stereocenters. The molecule has 0 saturated heterocycles. The lowest BCUT2D eigenvalue weighted by molar-refractivity contribution is 0.0759. The van der Waals surface area contributed by atoms with E-state index in [0.717, 1.165) is 11.1 Å². The number of methoxy groups -OCH3 is 1. The van der Waals surface area contributed by atoms with E-state index < -0.39 is 0 Å². The standard InChI is InChI=1S/C16H17NO3/c1-19-9-10-20-17-12-15-11-14(7-8-16(15)18)13-5-3-2-4-6-13/h2-8,11-12,18H,9-10H2,1H3/b17-12+. The maximum absolute atomic E-state index is 9.81. The van der Waals surface area contributed by atoms with E-state index in [1.165, 1.54) is 6.21 Å². The monoisotopic (exact) mass is 271 g/mol. The van der Waals surface area contributed by atoms with Crippen molar-refractivity contribution in [3.05, 3.63) is 54.1 Å². The Bertz CT molecular complexity index is 567. The zero-order chi connectivity index (χ0) is 14.2. The topological polar surface area (TPSA) is 51.0 Å². The van der Waals surface area contributed by atoms with Gasteiger partial charge in [0, 0.05) is 12.7 Å². The largest absolute Gasteiger partial charge is 0.507 e. The van der Waals surface area contributed by atoms with E-state index in [0.29, 0.717) is 18.8 Å². The summed E-state index contributed by atoms with van der Waals surface area (Å²) in [6.45, 7) is 0.861. The Kier molecular flexibility index (Phi) is 5.15. The van der Waals surface area contributed by atoms with E-state index in [1.807, 2.05) is 42.5 Å². The number of rotatable bonds is 6. The number of hydrogen-bond acceptors (Lipinski definition) is 4. The fourth-order valence-corrected chi connectivity index (χ4v) is 1.74. The van der Waals surface area contributed by atoms with Gasteiger partial charge in [-0.25, -0.2) is 0 Å². The Morgan fingerprint density at radius 3 is 2.60 bits per heavy atom. The fraction of sp³-hybridized carbons (Fsp3) is 0.188. The highest BCUT2D eigenvalue weighted by atomic mass is 16.6. The first-order valence-electron chi connectivity index (χ1n) is 6.34. The number of phenols is 1. The highest BCUT2D eigenvalue weighted by molar-refractivity contribution is 5.85. The second-order valence-corrected chi connectivity index (χ2v) is 4.20. The second kappa shape index (κ2) is 7.31. The Hall–Kier alpha value is -2.33. The molecule has 0 aromatic heterocycles. The highest BCUT2D eigenvalue weighted by Crippen LogP contribution is 2.24. The number of hydrogen-bond donors (Lipinski definition) is 1. The zero-order valence-electron chi connectivity index (χ0n) is 11.3. The van der Waals surface area contributed by atoms with E-state index in [1.54, 1.807) is 13.2 Å². The van der Waals surface area contributed by atoms with Crippen LogP contribution in [-0.2, 0) is 9.57 Å². The van der Waals surface area contributed by atoms with E-state index in [-0.39, 0.29) is 5.75 Å². The molecule has 2 aromatic carbocycles. The normalized spacial score (nSPS) is 10.8. The third kappa shape index (κ3) is 3.83. The van der Waals surface area contributed by atoms with E-state index in [4.69, 9.17) is 9.57 Å². The van der Waals surface area contributed by atoms with Crippen molar-refractivity contribution >= 4 is 6.21 Å². The van der Waals surface area contributed by atoms with Crippen LogP contribution in [0.25, 0.3) is 11.1 Å². The first-order chi connectivity index (χ1) is 9.81. The summed E-state index contributed by atoms with van der Waals surface area (Å²) in [5.74, 6) is 0.170. The summed E-state index contributed by atoms with van der Waals surface area (Å²) >= 11 is 0. The summed E-state index contributed by atoms with van der Waals surface area (Å²) < 4.78 is 4.85. The second-order valence-electron chi connectivity index (χ2n) is 4.20. The van der Waals surface area contributed by atoms with Crippen LogP contribution in [0.2, 0.25) is 0 Å². The van der Waals surface area contributed by atoms with Crippen molar-refractivity contribution in [1.29, 1.82) is 0 Å². The van der Waals surface area contributed by atoms with Gasteiger partial charge in [0.2, 0.25) is 0 Å². The molecule has 0 aliphatic rings. The van der Waals surface area contributed by atoms with Crippen molar-refractivity contribution in [2.24, 2.45) is 5.16 Å². The SMILES string of the molecule is COCCO/N=C/c1cc(-c2ccccc2)ccc1O. The van der Waals surface area contributed by atoms with Crippen LogP contribution in [0.1, 0.15) is 5.56 Å². The van der Waals surface area contributed by atoms with E-state index in [2.05, 4.69) is 5.16 Å². The number of oxime groups is 1.